The molecule has 0 aromatic carbocycles. The van der Waals surface area contributed by atoms with E-state index < -0.39 is 24.2 Å². The van der Waals surface area contributed by atoms with Crippen LogP contribution in [0.4, 0.5) is 18.0 Å². The van der Waals surface area contributed by atoms with Crippen LogP contribution in [0, 0.1) is 0 Å². The summed E-state index contributed by atoms with van der Waals surface area (Å²) < 4.78 is 52.2. The SMILES string of the molecule is CC(C)(C)OC(=O)NC12CCC(c3nnc(C4CC(OC(F)(F)F)C4)o3)(CC1)CC2. The lowest BCUT2D eigenvalue weighted by Gasteiger charge is -2.51. The van der Waals surface area contributed by atoms with Crippen LogP contribution in [0.5, 0.6) is 0 Å². The smallest absolute Gasteiger partial charge is 0.444 e. The van der Waals surface area contributed by atoms with E-state index >= 15 is 0 Å². The van der Waals surface area contributed by atoms with Crippen LogP contribution in [0.25, 0.3) is 0 Å². The van der Waals surface area contributed by atoms with Crippen molar-refractivity contribution in [1.29, 1.82) is 0 Å². The van der Waals surface area contributed by atoms with Gasteiger partial charge in [0, 0.05) is 16.9 Å². The van der Waals surface area contributed by atoms with Gasteiger partial charge in [-0.3, -0.25) is 4.74 Å². The first-order chi connectivity index (χ1) is 13.9. The Labute approximate surface area is 173 Å². The van der Waals surface area contributed by atoms with Gasteiger partial charge in [0.1, 0.15) is 5.60 Å². The van der Waals surface area contributed by atoms with E-state index in [4.69, 9.17) is 9.15 Å². The summed E-state index contributed by atoms with van der Waals surface area (Å²) >= 11 is 0. The number of nitrogens with one attached hydrogen (secondary N) is 1. The average Bonchev–Trinajstić information content (AvgIpc) is 3.06. The molecule has 0 radical (unpaired) electrons. The lowest BCUT2D eigenvalue weighted by atomic mass is 9.57. The first kappa shape index (κ1) is 21.4. The van der Waals surface area contributed by atoms with Crippen molar-refractivity contribution in [3.8, 4) is 0 Å². The summed E-state index contributed by atoms with van der Waals surface area (Å²) in [4.78, 5) is 12.2. The molecule has 4 aliphatic rings. The van der Waals surface area contributed by atoms with Crippen molar-refractivity contribution < 1.29 is 31.9 Å². The molecule has 1 amide bonds. The molecule has 168 valence electrons. The first-order valence-corrected chi connectivity index (χ1v) is 10.5. The highest BCUT2D eigenvalue weighted by Crippen LogP contribution is 2.53. The average molecular weight is 431 g/mol. The summed E-state index contributed by atoms with van der Waals surface area (Å²) in [6, 6.07) is 0. The van der Waals surface area contributed by atoms with Crippen LogP contribution in [0.15, 0.2) is 4.42 Å². The largest absolute Gasteiger partial charge is 0.522 e. The second kappa shape index (κ2) is 7.10. The third kappa shape index (κ3) is 4.43. The number of carbonyl (C=O) groups excluding carboxylic acids is 1. The van der Waals surface area contributed by atoms with Crippen LogP contribution in [-0.2, 0) is 14.9 Å². The monoisotopic (exact) mass is 431 g/mol. The van der Waals surface area contributed by atoms with Crippen molar-refractivity contribution in [2.75, 3.05) is 0 Å². The topological polar surface area (TPSA) is 86.5 Å². The third-order valence-corrected chi connectivity index (χ3v) is 6.65. The predicted octanol–water partition coefficient (Wildman–Crippen LogP) is 4.72. The Kier molecular flexibility index (Phi) is 5.06. The molecule has 2 bridgehead atoms. The quantitative estimate of drug-likeness (QED) is 0.742. The number of rotatable bonds is 4. The number of amides is 1. The van der Waals surface area contributed by atoms with Crippen LogP contribution >= 0.6 is 0 Å². The Hall–Kier alpha value is -1.84. The first-order valence-electron chi connectivity index (χ1n) is 10.5. The highest BCUT2D eigenvalue weighted by Gasteiger charge is 2.53. The Balaban J connectivity index is 1.34. The molecular weight excluding hydrogens is 403 g/mol. The number of halogens is 3. The molecule has 1 N–H and O–H groups in total. The van der Waals surface area contributed by atoms with Crippen LogP contribution < -0.4 is 5.32 Å². The minimum Gasteiger partial charge on any atom is -0.444 e. The fourth-order valence-electron chi connectivity index (χ4n) is 4.88. The van der Waals surface area contributed by atoms with Gasteiger partial charge in [-0.2, -0.15) is 0 Å². The van der Waals surface area contributed by atoms with Gasteiger partial charge in [-0.1, -0.05) is 0 Å². The zero-order chi connectivity index (χ0) is 21.8. The van der Waals surface area contributed by atoms with Gasteiger partial charge in [0.2, 0.25) is 11.8 Å². The molecular formula is C20H28F3N3O4. The van der Waals surface area contributed by atoms with Crippen LogP contribution in [0.3, 0.4) is 0 Å². The Morgan fingerprint density at radius 2 is 1.67 bits per heavy atom. The normalized spacial score (nSPS) is 33.8. The number of ether oxygens (including phenoxy) is 2. The number of fused-ring (bicyclic) bond motifs is 3. The standard InChI is InChI=1S/C20H28F3N3O4/c1-17(2,3)30-16(27)24-19-7-4-18(5-8-19,6-9-19)15-26-25-14(28-15)12-10-13(11-12)29-20(21,22)23/h12-13H,4-11H2,1-3H3,(H,24,27). The molecule has 0 spiro atoms. The summed E-state index contributed by atoms with van der Waals surface area (Å²) in [5.41, 5.74) is -1.02. The molecule has 5 rings (SSSR count). The molecule has 0 unspecified atom stereocenters. The third-order valence-electron chi connectivity index (χ3n) is 6.65. The van der Waals surface area contributed by atoms with Gasteiger partial charge in [0.15, 0.2) is 0 Å². The molecule has 1 aromatic rings. The fourth-order valence-corrected chi connectivity index (χ4v) is 4.88. The Morgan fingerprint density at radius 1 is 1.07 bits per heavy atom. The van der Waals surface area contributed by atoms with E-state index in [9.17, 15) is 18.0 Å². The number of aromatic nitrogens is 2. The number of alkyl carbamates (subject to hydrolysis) is 1. The van der Waals surface area contributed by atoms with Crippen molar-refractivity contribution in [1.82, 2.24) is 15.5 Å². The van der Waals surface area contributed by atoms with Crippen molar-refractivity contribution in [3.05, 3.63) is 11.8 Å². The summed E-state index contributed by atoms with van der Waals surface area (Å²) in [5.74, 6) is 0.786. The molecule has 10 heteroatoms. The second-order valence-corrected chi connectivity index (χ2v) is 9.99. The van der Waals surface area contributed by atoms with Gasteiger partial charge in [-0.15, -0.1) is 23.4 Å². The lowest BCUT2D eigenvalue weighted by Crippen LogP contribution is -2.58. The molecule has 7 nitrogen and oxygen atoms in total. The maximum atomic E-state index is 12.3. The highest BCUT2D eigenvalue weighted by molar-refractivity contribution is 5.69. The molecule has 4 aliphatic carbocycles. The van der Waals surface area contributed by atoms with Crippen molar-refractivity contribution in [2.45, 2.75) is 107 Å². The second-order valence-electron chi connectivity index (χ2n) is 9.99. The maximum Gasteiger partial charge on any atom is 0.522 e. The molecule has 1 aromatic heterocycles. The Bertz CT molecular complexity index is 771. The molecule has 0 saturated heterocycles. The minimum absolute atomic E-state index is 0.185. The zero-order valence-corrected chi connectivity index (χ0v) is 17.5. The number of nitrogens with zero attached hydrogens (tertiary/aromatic N) is 2. The maximum absolute atomic E-state index is 12.3. The van der Waals surface area contributed by atoms with Crippen molar-refractivity contribution in [2.24, 2.45) is 0 Å². The fraction of sp³-hybridized carbons (Fsp3) is 0.850. The van der Waals surface area contributed by atoms with Crippen molar-refractivity contribution >= 4 is 6.09 Å². The summed E-state index contributed by atoms with van der Waals surface area (Å²) in [6.45, 7) is 5.51. The van der Waals surface area contributed by atoms with E-state index in [0.29, 0.717) is 11.8 Å². The van der Waals surface area contributed by atoms with Crippen LogP contribution in [-0.4, -0.2) is 39.9 Å². The lowest BCUT2D eigenvalue weighted by molar-refractivity contribution is -0.352. The number of carbonyl (C=O) groups is 1. The number of alkyl halides is 3. The number of hydrogen-bond acceptors (Lipinski definition) is 6. The summed E-state index contributed by atoms with van der Waals surface area (Å²) in [7, 11) is 0. The van der Waals surface area contributed by atoms with E-state index in [2.05, 4.69) is 20.3 Å². The number of hydrogen-bond donors (Lipinski definition) is 1. The van der Waals surface area contributed by atoms with E-state index in [0.717, 1.165) is 38.5 Å². The predicted molar refractivity (Wildman–Crippen MR) is 98.7 cm³/mol. The van der Waals surface area contributed by atoms with Crippen molar-refractivity contribution in [3.63, 3.8) is 0 Å². The summed E-state index contributed by atoms with van der Waals surface area (Å²) in [5, 5.41) is 11.4. The minimum atomic E-state index is -4.61. The van der Waals surface area contributed by atoms with Crippen LogP contribution in [0.2, 0.25) is 0 Å². The van der Waals surface area contributed by atoms with Gasteiger partial charge in [0.25, 0.3) is 0 Å². The van der Waals surface area contributed by atoms with Gasteiger partial charge in [-0.25, -0.2) is 4.79 Å². The highest BCUT2D eigenvalue weighted by atomic mass is 19.4. The Morgan fingerprint density at radius 3 is 2.20 bits per heavy atom. The zero-order valence-electron chi connectivity index (χ0n) is 17.5. The molecule has 30 heavy (non-hydrogen) atoms. The van der Waals surface area contributed by atoms with E-state index in [1.807, 2.05) is 20.8 Å². The van der Waals surface area contributed by atoms with E-state index in [1.165, 1.54) is 0 Å². The molecule has 0 aliphatic heterocycles. The van der Waals surface area contributed by atoms with Crippen LogP contribution in [0.1, 0.15) is 89.8 Å². The van der Waals surface area contributed by atoms with Gasteiger partial charge >= 0.3 is 12.5 Å². The molecule has 1 heterocycles. The molecule has 0 atom stereocenters. The molecule has 4 saturated carbocycles. The summed E-state index contributed by atoms with van der Waals surface area (Å²) in [6.07, 6.45) is -0.533. The molecule has 4 fully saturated rings. The van der Waals surface area contributed by atoms with Gasteiger partial charge < -0.3 is 14.5 Å². The van der Waals surface area contributed by atoms with E-state index in [1.54, 1.807) is 0 Å². The van der Waals surface area contributed by atoms with Gasteiger partial charge in [0.05, 0.1) is 6.10 Å². The van der Waals surface area contributed by atoms with Gasteiger partial charge in [-0.05, 0) is 72.1 Å². The van der Waals surface area contributed by atoms with E-state index in [-0.39, 0.29) is 29.7 Å².